The fourth-order valence-corrected chi connectivity index (χ4v) is 3.18. The van der Waals surface area contributed by atoms with E-state index in [1.807, 2.05) is 12.1 Å². The minimum atomic E-state index is -0.252. The summed E-state index contributed by atoms with van der Waals surface area (Å²) in [5.41, 5.74) is 2.57. The van der Waals surface area contributed by atoms with Gasteiger partial charge in [-0.25, -0.2) is 9.37 Å². The fraction of sp³-hybridized carbons (Fsp3) is 0.158. The average Bonchev–Trinajstić information content (AvgIpc) is 3.05. The van der Waals surface area contributed by atoms with Gasteiger partial charge in [0.2, 0.25) is 0 Å². The molecule has 128 valence electrons. The number of halogens is 1. The number of benzene rings is 2. The number of aromatic nitrogens is 1. The maximum Gasteiger partial charge on any atom is 0.257 e. The van der Waals surface area contributed by atoms with E-state index >= 15 is 0 Å². The lowest BCUT2D eigenvalue weighted by molar-refractivity contribution is 0.102. The molecular formula is C19H17FN2O2S. The molecule has 4 nitrogen and oxygen atoms in total. The molecule has 0 fully saturated rings. The summed E-state index contributed by atoms with van der Waals surface area (Å²) in [6, 6.07) is 13.6. The lowest BCUT2D eigenvalue weighted by atomic mass is 10.1. The predicted octanol–water partition coefficient (Wildman–Crippen LogP) is 4.27. The Morgan fingerprint density at radius 2 is 1.80 bits per heavy atom. The van der Waals surface area contributed by atoms with Gasteiger partial charge in [-0.15, -0.1) is 11.3 Å². The van der Waals surface area contributed by atoms with Crippen molar-refractivity contribution < 1.29 is 13.9 Å². The summed E-state index contributed by atoms with van der Waals surface area (Å²) in [4.78, 5) is 17.5. The van der Waals surface area contributed by atoms with Crippen molar-refractivity contribution in [3.63, 3.8) is 0 Å². The van der Waals surface area contributed by atoms with Gasteiger partial charge < -0.3 is 4.74 Å². The lowest BCUT2D eigenvalue weighted by Crippen LogP contribution is -2.11. The number of ether oxygens (including phenoxy) is 1. The number of carbonyl (C=O) groups is 1. The van der Waals surface area contributed by atoms with Gasteiger partial charge in [-0.05, 0) is 35.4 Å². The van der Waals surface area contributed by atoms with E-state index in [0.29, 0.717) is 23.7 Å². The Hall–Kier alpha value is -2.57. The second kappa shape index (κ2) is 8.00. The monoisotopic (exact) mass is 356 g/mol. The maximum atomic E-state index is 12.9. The van der Waals surface area contributed by atoms with Crippen molar-refractivity contribution in [2.75, 3.05) is 12.4 Å². The molecule has 1 N–H and O–H groups in total. The maximum absolute atomic E-state index is 12.9. The van der Waals surface area contributed by atoms with E-state index in [1.54, 1.807) is 37.6 Å². The van der Waals surface area contributed by atoms with Crippen molar-refractivity contribution in [2.45, 2.75) is 13.0 Å². The quantitative estimate of drug-likeness (QED) is 0.717. The van der Waals surface area contributed by atoms with E-state index in [4.69, 9.17) is 4.74 Å². The third-order valence-corrected chi connectivity index (χ3v) is 4.51. The van der Waals surface area contributed by atoms with Crippen LogP contribution >= 0.6 is 11.3 Å². The van der Waals surface area contributed by atoms with Crippen LogP contribution in [-0.4, -0.2) is 18.0 Å². The molecule has 6 heteroatoms. The van der Waals surface area contributed by atoms with Gasteiger partial charge in [0.1, 0.15) is 5.82 Å². The Balaban J connectivity index is 1.62. The smallest absolute Gasteiger partial charge is 0.257 e. The average molecular weight is 356 g/mol. The number of nitrogens with one attached hydrogen (secondary N) is 1. The Labute approximate surface area is 149 Å². The molecule has 3 aromatic rings. The SMILES string of the molecule is COCc1ccc(C(=O)Nc2ncc(Cc3ccc(F)cc3)s2)cc1. The van der Waals surface area contributed by atoms with Crippen LogP contribution in [0.3, 0.4) is 0 Å². The minimum absolute atomic E-state index is 0.202. The van der Waals surface area contributed by atoms with Gasteiger partial charge in [0.05, 0.1) is 6.61 Å². The van der Waals surface area contributed by atoms with Gasteiger partial charge in [0.25, 0.3) is 5.91 Å². The summed E-state index contributed by atoms with van der Waals surface area (Å²) in [5.74, 6) is -0.454. The first-order chi connectivity index (χ1) is 12.1. The highest BCUT2D eigenvalue weighted by atomic mass is 32.1. The number of methoxy groups -OCH3 is 1. The number of nitrogens with zero attached hydrogens (tertiary/aromatic N) is 1. The number of anilines is 1. The van der Waals surface area contributed by atoms with E-state index in [0.717, 1.165) is 16.0 Å². The molecule has 2 aromatic carbocycles. The van der Waals surface area contributed by atoms with Crippen molar-refractivity contribution in [3.8, 4) is 0 Å². The zero-order valence-electron chi connectivity index (χ0n) is 13.7. The number of hydrogen-bond acceptors (Lipinski definition) is 4. The molecule has 1 heterocycles. The van der Waals surface area contributed by atoms with Crippen LogP contribution in [0.2, 0.25) is 0 Å². The third kappa shape index (κ3) is 4.71. The molecular weight excluding hydrogens is 339 g/mol. The molecule has 1 aromatic heterocycles. The minimum Gasteiger partial charge on any atom is -0.380 e. The normalized spacial score (nSPS) is 10.6. The van der Waals surface area contributed by atoms with Gasteiger partial charge in [-0.1, -0.05) is 24.3 Å². The van der Waals surface area contributed by atoms with Crippen LogP contribution < -0.4 is 5.32 Å². The number of hydrogen-bond donors (Lipinski definition) is 1. The van der Waals surface area contributed by atoms with E-state index in [2.05, 4.69) is 10.3 Å². The molecule has 0 saturated carbocycles. The van der Waals surface area contributed by atoms with Crippen LogP contribution in [0.5, 0.6) is 0 Å². The molecule has 0 aliphatic heterocycles. The summed E-state index contributed by atoms with van der Waals surface area (Å²) in [5, 5.41) is 3.35. The van der Waals surface area contributed by atoms with Crippen LogP contribution in [0.1, 0.15) is 26.4 Å². The summed E-state index contributed by atoms with van der Waals surface area (Å²) in [6.07, 6.45) is 2.38. The molecule has 0 spiro atoms. The molecule has 1 amide bonds. The summed E-state index contributed by atoms with van der Waals surface area (Å²) in [6.45, 7) is 0.515. The van der Waals surface area contributed by atoms with Gasteiger partial charge >= 0.3 is 0 Å². The topological polar surface area (TPSA) is 51.2 Å². The molecule has 0 atom stereocenters. The number of carbonyl (C=O) groups excluding carboxylic acids is 1. The first kappa shape index (κ1) is 17.3. The summed E-state index contributed by atoms with van der Waals surface area (Å²) >= 11 is 1.41. The van der Waals surface area contributed by atoms with Gasteiger partial charge in [-0.3, -0.25) is 10.1 Å². The second-order valence-corrected chi connectivity index (χ2v) is 6.63. The van der Waals surface area contributed by atoms with Crippen molar-refractivity contribution in [3.05, 3.63) is 82.1 Å². The molecule has 0 aliphatic rings. The predicted molar refractivity (Wildman–Crippen MR) is 96.4 cm³/mol. The summed E-state index contributed by atoms with van der Waals surface area (Å²) < 4.78 is 18.0. The second-order valence-electron chi connectivity index (χ2n) is 5.52. The van der Waals surface area contributed by atoms with E-state index in [1.165, 1.54) is 23.5 Å². The highest BCUT2D eigenvalue weighted by molar-refractivity contribution is 7.15. The van der Waals surface area contributed by atoms with E-state index in [-0.39, 0.29) is 11.7 Å². The molecule has 0 bridgehead atoms. The molecule has 3 rings (SSSR count). The van der Waals surface area contributed by atoms with Crippen LogP contribution in [0.15, 0.2) is 54.7 Å². The van der Waals surface area contributed by atoms with Crippen LogP contribution in [0.4, 0.5) is 9.52 Å². The fourth-order valence-electron chi connectivity index (χ4n) is 2.34. The van der Waals surface area contributed by atoms with Gasteiger partial charge in [-0.2, -0.15) is 0 Å². The number of rotatable bonds is 6. The first-order valence-corrected chi connectivity index (χ1v) is 8.54. The summed E-state index contributed by atoms with van der Waals surface area (Å²) in [7, 11) is 1.63. The van der Waals surface area contributed by atoms with Crippen LogP contribution in [0, 0.1) is 5.82 Å². The molecule has 0 radical (unpaired) electrons. The lowest BCUT2D eigenvalue weighted by Gasteiger charge is -2.03. The highest BCUT2D eigenvalue weighted by Crippen LogP contribution is 2.22. The van der Waals surface area contributed by atoms with Crippen molar-refractivity contribution in [1.29, 1.82) is 0 Å². The standard InChI is InChI=1S/C19H17FN2O2S/c1-24-12-14-2-6-15(7-3-14)18(23)22-19-21-11-17(25-19)10-13-4-8-16(20)9-5-13/h2-9,11H,10,12H2,1H3,(H,21,22,23). The van der Waals surface area contributed by atoms with E-state index < -0.39 is 0 Å². The first-order valence-electron chi connectivity index (χ1n) is 7.72. The Morgan fingerprint density at radius 1 is 1.12 bits per heavy atom. The Kier molecular flexibility index (Phi) is 5.53. The highest BCUT2D eigenvalue weighted by Gasteiger charge is 2.09. The molecule has 0 aliphatic carbocycles. The van der Waals surface area contributed by atoms with Crippen molar-refractivity contribution >= 4 is 22.4 Å². The molecule has 0 saturated heterocycles. The third-order valence-electron chi connectivity index (χ3n) is 3.59. The van der Waals surface area contributed by atoms with E-state index in [9.17, 15) is 9.18 Å². The van der Waals surface area contributed by atoms with Gasteiger partial charge in [0.15, 0.2) is 5.13 Å². The largest absolute Gasteiger partial charge is 0.380 e. The number of amides is 1. The van der Waals surface area contributed by atoms with Crippen molar-refractivity contribution in [1.82, 2.24) is 4.98 Å². The Morgan fingerprint density at radius 3 is 2.48 bits per heavy atom. The van der Waals surface area contributed by atoms with Crippen molar-refractivity contribution in [2.24, 2.45) is 0 Å². The zero-order chi connectivity index (χ0) is 17.6. The number of thiazole rings is 1. The molecule has 25 heavy (non-hydrogen) atoms. The van der Waals surface area contributed by atoms with Gasteiger partial charge in [0, 0.05) is 30.2 Å². The Bertz CT molecular complexity index is 845. The van der Waals surface area contributed by atoms with Crippen LogP contribution in [0.25, 0.3) is 0 Å². The molecule has 0 unspecified atom stereocenters. The van der Waals surface area contributed by atoms with Crippen LogP contribution in [-0.2, 0) is 17.8 Å². The zero-order valence-corrected chi connectivity index (χ0v) is 14.5.